The number of rotatable bonds is 6. The lowest BCUT2D eigenvalue weighted by molar-refractivity contribution is -0.118. The Morgan fingerprint density at radius 3 is 3.06 bits per heavy atom. The summed E-state index contributed by atoms with van der Waals surface area (Å²) in [6.07, 6.45) is 5.89. The highest BCUT2D eigenvalue weighted by Gasteiger charge is 2.17. The summed E-state index contributed by atoms with van der Waals surface area (Å²) in [6.45, 7) is 4.31. The number of carbonyl (C=O) groups is 1. The third-order valence-corrected chi connectivity index (χ3v) is 5.75. The van der Waals surface area contributed by atoms with Crippen LogP contribution in [0.1, 0.15) is 18.4 Å². The van der Waals surface area contributed by atoms with Gasteiger partial charge in [0.15, 0.2) is 5.65 Å². The fourth-order valence-corrected chi connectivity index (χ4v) is 3.98. The van der Waals surface area contributed by atoms with Crippen LogP contribution in [0.4, 0.5) is 17.2 Å². The number of aromatic amines is 1. The zero-order valence-corrected chi connectivity index (χ0v) is 18.8. The van der Waals surface area contributed by atoms with E-state index in [4.69, 9.17) is 4.74 Å². The van der Waals surface area contributed by atoms with E-state index in [0.717, 1.165) is 41.8 Å². The Bertz CT molecular complexity index is 1300. The van der Waals surface area contributed by atoms with E-state index in [1.807, 2.05) is 37.3 Å². The number of anilines is 3. The van der Waals surface area contributed by atoms with Crippen LogP contribution in [0, 0.1) is 6.92 Å². The van der Waals surface area contributed by atoms with Crippen molar-refractivity contribution in [1.29, 1.82) is 0 Å². The first-order valence-corrected chi connectivity index (χ1v) is 11.3. The Labute approximate surface area is 196 Å². The summed E-state index contributed by atoms with van der Waals surface area (Å²) >= 11 is 0. The predicted molar refractivity (Wildman–Crippen MR) is 130 cm³/mol. The first-order chi connectivity index (χ1) is 16.7. The molecular formula is C24H26N8O2. The summed E-state index contributed by atoms with van der Waals surface area (Å²) < 4.78 is 5.75. The SMILES string of the molecule is Cc1ccc(NC(=O)CC2CCNCCO2)cc1Nc1ncccc1-c1ncnc2nc[nH]c12. The van der Waals surface area contributed by atoms with Crippen LogP contribution in [-0.2, 0) is 9.53 Å². The zero-order chi connectivity index (χ0) is 23.3. The van der Waals surface area contributed by atoms with Gasteiger partial charge in [-0.2, -0.15) is 0 Å². The molecule has 1 aromatic carbocycles. The van der Waals surface area contributed by atoms with E-state index in [1.54, 1.807) is 12.5 Å². The molecule has 0 radical (unpaired) electrons. The second-order valence-electron chi connectivity index (χ2n) is 8.16. The second kappa shape index (κ2) is 9.94. The number of nitrogens with one attached hydrogen (secondary N) is 4. The molecule has 10 nitrogen and oxygen atoms in total. The van der Waals surface area contributed by atoms with Crippen LogP contribution in [0.2, 0.25) is 0 Å². The topological polar surface area (TPSA) is 130 Å². The first kappa shape index (κ1) is 21.9. The summed E-state index contributed by atoms with van der Waals surface area (Å²) in [5.41, 5.74) is 5.41. The molecule has 4 N–H and O–H groups in total. The monoisotopic (exact) mass is 458 g/mol. The van der Waals surface area contributed by atoms with Crippen LogP contribution in [0.5, 0.6) is 0 Å². The normalized spacial score (nSPS) is 16.2. The number of pyridine rings is 1. The molecule has 1 aliphatic rings. The molecular weight excluding hydrogens is 432 g/mol. The summed E-state index contributed by atoms with van der Waals surface area (Å²) in [5.74, 6) is 0.575. The van der Waals surface area contributed by atoms with Crippen molar-refractivity contribution in [3.8, 4) is 11.3 Å². The van der Waals surface area contributed by atoms with Gasteiger partial charge in [0.05, 0.1) is 25.5 Å². The number of H-pyrrole nitrogens is 1. The molecule has 1 fully saturated rings. The third-order valence-electron chi connectivity index (χ3n) is 5.75. The number of imidazole rings is 1. The predicted octanol–water partition coefficient (Wildman–Crippen LogP) is 3.17. The van der Waals surface area contributed by atoms with Crippen molar-refractivity contribution in [2.45, 2.75) is 25.9 Å². The molecule has 0 aliphatic carbocycles. The fraction of sp³-hybridized carbons (Fsp3) is 0.292. The number of aromatic nitrogens is 5. The molecule has 1 aliphatic heterocycles. The highest BCUT2D eigenvalue weighted by molar-refractivity contribution is 5.93. The van der Waals surface area contributed by atoms with Gasteiger partial charge in [-0.15, -0.1) is 0 Å². The van der Waals surface area contributed by atoms with Crippen LogP contribution < -0.4 is 16.0 Å². The van der Waals surface area contributed by atoms with E-state index in [0.29, 0.717) is 35.9 Å². The van der Waals surface area contributed by atoms with Crippen LogP contribution in [0.15, 0.2) is 49.2 Å². The smallest absolute Gasteiger partial charge is 0.226 e. The molecule has 4 heterocycles. The zero-order valence-electron chi connectivity index (χ0n) is 18.8. The van der Waals surface area contributed by atoms with Crippen molar-refractivity contribution in [3.63, 3.8) is 0 Å². The molecule has 0 spiro atoms. The molecule has 3 aromatic heterocycles. The van der Waals surface area contributed by atoms with Gasteiger partial charge in [-0.05, 0) is 49.7 Å². The van der Waals surface area contributed by atoms with Crippen molar-refractivity contribution < 1.29 is 9.53 Å². The fourth-order valence-electron chi connectivity index (χ4n) is 3.98. The Kier molecular flexibility index (Phi) is 6.41. The maximum atomic E-state index is 12.6. The Morgan fingerprint density at radius 2 is 2.12 bits per heavy atom. The standard InChI is InChI=1S/C24H26N8O2/c1-15-4-5-16(31-20(33)12-17-6-8-25-9-10-34-17)11-19(15)32-23-18(3-2-7-26-23)21-22-24(29-13-27-21)30-14-28-22/h2-5,7,11,13-14,17,25H,6,8-10,12H2,1H3,(H,26,32)(H,31,33)(H,27,28,29,30). The van der Waals surface area contributed by atoms with Gasteiger partial charge in [-0.25, -0.2) is 19.9 Å². The van der Waals surface area contributed by atoms with Gasteiger partial charge < -0.3 is 25.7 Å². The van der Waals surface area contributed by atoms with Gasteiger partial charge in [0.1, 0.15) is 23.4 Å². The third kappa shape index (κ3) is 4.87. The summed E-state index contributed by atoms with van der Waals surface area (Å²) in [4.78, 5) is 33.1. The number of fused-ring (bicyclic) bond motifs is 1. The average Bonchev–Trinajstić information content (AvgIpc) is 3.19. The van der Waals surface area contributed by atoms with E-state index >= 15 is 0 Å². The number of hydrogen-bond donors (Lipinski definition) is 4. The van der Waals surface area contributed by atoms with Crippen LogP contribution in [0.25, 0.3) is 22.4 Å². The number of amides is 1. The van der Waals surface area contributed by atoms with E-state index in [1.165, 1.54) is 6.33 Å². The second-order valence-corrected chi connectivity index (χ2v) is 8.16. The van der Waals surface area contributed by atoms with E-state index in [-0.39, 0.29) is 12.0 Å². The molecule has 1 unspecified atom stereocenters. The number of carbonyl (C=O) groups excluding carboxylic acids is 1. The summed E-state index contributed by atoms with van der Waals surface area (Å²) in [5, 5.41) is 9.68. The summed E-state index contributed by atoms with van der Waals surface area (Å²) in [6, 6.07) is 9.57. The molecule has 10 heteroatoms. The molecule has 0 bridgehead atoms. The van der Waals surface area contributed by atoms with Gasteiger partial charge in [0, 0.05) is 29.7 Å². The number of ether oxygens (including phenoxy) is 1. The minimum absolute atomic E-state index is 0.0668. The maximum absolute atomic E-state index is 12.6. The molecule has 0 saturated carbocycles. The molecule has 1 atom stereocenters. The van der Waals surface area contributed by atoms with Crippen molar-refractivity contribution >= 4 is 34.3 Å². The molecule has 1 saturated heterocycles. The van der Waals surface area contributed by atoms with Crippen molar-refractivity contribution in [3.05, 3.63) is 54.7 Å². The van der Waals surface area contributed by atoms with Crippen LogP contribution >= 0.6 is 0 Å². The number of nitrogens with zero attached hydrogens (tertiary/aromatic N) is 4. The van der Waals surface area contributed by atoms with Gasteiger partial charge in [0.2, 0.25) is 5.91 Å². The molecule has 174 valence electrons. The largest absolute Gasteiger partial charge is 0.376 e. The Morgan fingerprint density at radius 1 is 1.18 bits per heavy atom. The van der Waals surface area contributed by atoms with Gasteiger partial charge in [-0.1, -0.05) is 6.07 Å². The van der Waals surface area contributed by atoms with E-state index in [2.05, 4.69) is 40.9 Å². The van der Waals surface area contributed by atoms with E-state index < -0.39 is 0 Å². The number of benzene rings is 1. The molecule has 1 amide bonds. The van der Waals surface area contributed by atoms with Crippen molar-refractivity contribution in [2.75, 3.05) is 30.3 Å². The van der Waals surface area contributed by atoms with Crippen LogP contribution in [-0.4, -0.2) is 56.6 Å². The highest BCUT2D eigenvalue weighted by Crippen LogP contribution is 2.32. The van der Waals surface area contributed by atoms with Gasteiger partial charge in [-0.3, -0.25) is 4.79 Å². The van der Waals surface area contributed by atoms with Gasteiger partial charge in [0.25, 0.3) is 0 Å². The highest BCUT2D eigenvalue weighted by atomic mass is 16.5. The lowest BCUT2D eigenvalue weighted by Crippen LogP contribution is -2.23. The molecule has 34 heavy (non-hydrogen) atoms. The minimum atomic E-state index is -0.0682. The number of hydrogen-bond acceptors (Lipinski definition) is 8. The maximum Gasteiger partial charge on any atom is 0.226 e. The summed E-state index contributed by atoms with van der Waals surface area (Å²) in [7, 11) is 0. The van der Waals surface area contributed by atoms with E-state index in [9.17, 15) is 4.79 Å². The molecule has 4 aromatic rings. The van der Waals surface area contributed by atoms with Crippen LogP contribution in [0.3, 0.4) is 0 Å². The van der Waals surface area contributed by atoms with Crippen molar-refractivity contribution in [1.82, 2.24) is 30.2 Å². The number of aryl methyl sites for hydroxylation is 1. The quantitative estimate of drug-likeness (QED) is 0.347. The van der Waals surface area contributed by atoms with Crippen molar-refractivity contribution in [2.24, 2.45) is 0 Å². The lowest BCUT2D eigenvalue weighted by Gasteiger charge is -2.16. The molecule has 5 rings (SSSR count). The Hall–Kier alpha value is -3.89. The lowest BCUT2D eigenvalue weighted by atomic mass is 10.1. The average molecular weight is 459 g/mol. The first-order valence-electron chi connectivity index (χ1n) is 11.3. The minimum Gasteiger partial charge on any atom is -0.376 e. The van der Waals surface area contributed by atoms with Gasteiger partial charge >= 0.3 is 0 Å². The Balaban J connectivity index is 1.36.